The minimum atomic E-state index is -0.422. The molecule has 100 valence electrons. The number of ether oxygens (including phenoxy) is 3. The van der Waals surface area contributed by atoms with E-state index in [4.69, 9.17) is 19.9 Å². The first-order chi connectivity index (χ1) is 9.15. The van der Waals surface area contributed by atoms with Crippen LogP contribution in [0, 0.1) is 0 Å². The molecule has 0 saturated heterocycles. The van der Waals surface area contributed by atoms with Gasteiger partial charge in [-0.25, -0.2) is 4.98 Å². The summed E-state index contributed by atoms with van der Waals surface area (Å²) in [6, 6.07) is 4.88. The second kappa shape index (κ2) is 5.30. The van der Waals surface area contributed by atoms with Gasteiger partial charge in [0.15, 0.2) is 0 Å². The topological polar surface area (TPSA) is 99.5 Å². The number of aromatic nitrogens is 2. The fourth-order valence-corrected chi connectivity index (χ4v) is 1.51. The Kier molecular flexibility index (Phi) is 3.56. The SMILES string of the molecule is COc1ccc(Oc2nc[nH]c(=O)c2OC)cc1N. The highest BCUT2D eigenvalue weighted by Gasteiger charge is 2.12. The van der Waals surface area contributed by atoms with Gasteiger partial charge in [0.2, 0.25) is 5.75 Å². The van der Waals surface area contributed by atoms with E-state index in [9.17, 15) is 4.79 Å². The van der Waals surface area contributed by atoms with Crippen LogP contribution < -0.4 is 25.5 Å². The fraction of sp³-hybridized carbons (Fsp3) is 0.167. The Bertz CT molecular complexity index is 639. The lowest BCUT2D eigenvalue weighted by molar-refractivity contribution is 0.362. The lowest BCUT2D eigenvalue weighted by Gasteiger charge is -2.09. The zero-order valence-corrected chi connectivity index (χ0v) is 10.5. The van der Waals surface area contributed by atoms with E-state index in [1.807, 2.05) is 0 Å². The molecule has 0 unspecified atom stereocenters. The van der Waals surface area contributed by atoms with Gasteiger partial charge >= 0.3 is 0 Å². The first-order valence-electron chi connectivity index (χ1n) is 5.38. The maximum atomic E-state index is 11.5. The number of hydrogen-bond donors (Lipinski definition) is 2. The van der Waals surface area contributed by atoms with Crippen LogP contribution in [0.2, 0.25) is 0 Å². The molecule has 0 aliphatic carbocycles. The Morgan fingerprint density at radius 1 is 1.26 bits per heavy atom. The number of nitrogens with two attached hydrogens (primary N) is 1. The third kappa shape index (κ3) is 2.59. The van der Waals surface area contributed by atoms with Crippen LogP contribution in [0.25, 0.3) is 0 Å². The molecule has 2 aromatic rings. The average Bonchev–Trinajstić information content (AvgIpc) is 2.39. The van der Waals surface area contributed by atoms with E-state index in [2.05, 4.69) is 9.97 Å². The molecule has 1 aromatic carbocycles. The molecule has 0 aliphatic rings. The Morgan fingerprint density at radius 3 is 2.68 bits per heavy atom. The van der Waals surface area contributed by atoms with Crippen molar-refractivity contribution in [1.82, 2.24) is 9.97 Å². The Morgan fingerprint density at radius 2 is 2.05 bits per heavy atom. The van der Waals surface area contributed by atoms with Crippen LogP contribution in [-0.4, -0.2) is 24.2 Å². The number of hydrogen-bond acceptors (Lipinski definition) is 6. The summed E-state index contributed by atoms with van der Waals surface area (Å²) in [7, 11) is 2.88. The molecule has 19 heavy (non-hydrogen) atoms. The molecule has 1 heterocycles. The minimum Gasteiger partial charge on any atom is -0.495 e. The summed E-state index contributed by atoms with van der Waals surface area (Å²) in [6.45, 7) is 0. The molecular formula is C12H13N3O4. The van der Waals surface area contributed by atoms with E-state index in [-0.39, 0.29) is 11.6 Å². The average molecular weight is 263 g/mol. The molecule has 0 fully saturated rings. The van der Waals surface area contributed by atoms with E-state index >= 15 is 0 Å². The van der Waals surface area contributed by atoms with E-state index in [1.165, 1.54) is 20.5 Å². The lowest BCUT2D eigenvalue weighted by atomic mass is 10.3. The predicted molar refractivity (Wildman–Crippen MR) is 68.9 cm³/mol. The van der Waals surface area contributed by atoms with E-state index < -0.39 is 5.56 Å². The van der Waals surface area contributed by atoms with Gasteiger partial charge in [-0.05, 0) is 12.1 Å². The Balaban J connectivity index is 2.34. The normalized spacial score (nSPS) is 10.0. The van der Waals surface area contributed by atoms with Crippen molar-refractivity contribution in [2.75, 3.05) is 20.0 Å². The smallest absolute Gasteiger partial charge is 0.297 e. The summed E-state index contributed by atoms with van der Waals surface area (Å²) in [4.78, 5) is 17.8. The molecule has 2 rings (SSSR count). The van der Waals surface area contributed by atoms with E-state index in [0.717, 1.165) is 0 Å². The molecule has 0 radical (unpaired) electrons. The van der Waals surface area contributed by atoms with Crippen LogP contribution in [0.1, 0.15) is 0 Å². The van der Waals surface area contributed by atoms with Crippen molar-refractivity contribution >= 4 is 5.69 Å². The summed E-state index contributed by atoms with van der Waals surface area (Å²) in [5.74, 6) is 1.03. The summed E-state index contributed by atoms with van der Waals surface area (Å²) in [5.41, 5.74) is 5.76. The van der Waals surface area contributed by atoms with Gasteiger partial charge in [0.1, 0.15) is 11.5 Å². The lowest BCUT2D eigenvalue weighted by Crippen LogP contribution is -2.11. The molecule has 0 aliphatic heterocycles. The molecule has 0 amide bonds. The molecule has 7 heteroatoms. The van der Waals surface area contributed by atoms with Crippen molar-refractivity contribution in [3.8, 4) is 23.1 Å². The molecule has 1 aromatic heterocycles. The fourth-order valence-electron chi connectivity index (χ4n) is 1.51. The van der Waals surface area contributed by atoms with Gasteiger partial charge in [-0.1, -0.05) is 0 Å². The summed E-state index contributed by atoms with van der Waals surface area (Å²) >= 11 is 0. The Hall–Kier alpha value is -2.70. The number of H-pyrrole nitrogens is 1. The first kappa shape index (κ1) is 12.7. The quantitative estimate of drug-likeness (QED) is 0.803. The van der Waals surface area contributed by atoms with Crippen LogP contribution in [0.15, 0.2) is 29.3 Å². The molecular weight excluding hydrogens is 250 g/mol. The van der Waals surface area contributed by atoms with Crippen molar-refractivity contribution in [2.45, 2.75) is 0 Å². The van der Waals surface area contributed by atoms with Crippen molar-refractivity contribution in [2.24, 2.45) is 0 Å². The van der Waals surface area contributed by atoms with Crippen molar-refractivity contribution < 1.29 is 14.2 Å². The van der Waals surface area contributed by atoms with Gasteiger partial charge in [-0.15, -0.1) is 0 Å². The third-order valence-corrected chi connectivity index (χ3v) is 2.40. The van der Waals surface area contributed by atoms with E-state index in [0.29, 0.717) is 17.2 Å². The molecule has 7 nitrogen and oxygen atoms in total. The summed E-state index contributed by atoms with van der Waals surface area (Å²) in [5, 5.41) is 0. The number of rotatable bonds is 4. The third-order valence-electron chi connectivity index (χ3n) is 2.40. The monoisotopic (exact) mass is 263 g/mol. The number of anilines is 1. The van der Waals surface area contributed by atoms with Crippen molar-refractivity contribution in [3.05, 3.63) is 34.9 Å². The molecule has 0 saturated carbocycles. The number of nitrogens with one attached hydrogen (secondary N) is 1. The van der Waals surface area contributed by atoms with Crippen LogP contribution in [-0.2, 0) is 0 Å². The molecule has 0 atom stereocenters. The summed E-state index contributed by atoms with van der Waals surface area (Å²) < 4.78 is 15.4. The first-order valence-corrected chi connectivity index (χ1v) is 5.38. The van der Waals surface area contributed by atoms with Gasteiger partial charge in [0, 0.05) is 6.07 Å². The second-order valence-electron chi connectivity index (χ2n) is 3.58. The number of aromatic amines is 1. The number of benzene rings is 1. The zero-order chi connectivity index (χ0) is 13.8. The van der Waals surface area contributed by atoms with Crippen LogP contribution in [0.3, 0.4) is 0 Å². The number of nitrogens with zero attached hydrogens (tertiary/aromatic N) is 1. The highest BCUT2D eigenvalue weighted by molar-refractivity contribution is 5.56. The highest BCUT2D eigenvalue weighted by atomic mass is 16.5. The van der Waals surface area contributed by atoms with Gasteiger partial charge < -0.3 is 24.9 Å². The molecule has 0 bridgehead atoms. The van der Waals surface area contributed by atoms with Crippen molar-refractivity contribution in [1.29, 1.82) is 0 Å². The van der Waals surface area contributed by atoms with Gasteiger partial charge in [0.05, 0.1) is 26.2 Å². The maximum absolute atomic E-state index is 11.5. The molecule has 3 N–H and O–H groups in total. The molecule has 0 spiro atoms. The van der Waals surface area contributed by atoms with Gasteiger partial charge in [-0.3, -0.25) is 4.79 Å². The van der Waals surface area contributed by atoms with Crippen molar-refractivity contribution in [3.63, 3.8) is 0 Å². The van der Waals surface area contributed by atoms with Crippen LogP contribution in [0.4, 0.5) is 5.69 Å². The number of nitrogen functional groups attached to an aromatic ring is 1. The zero-order valence-electron chi connectivity index (χ0n) is 10.5. The van der Waals surface area contributed by atoms with Gasteiger partial charge in [0.25, 0.3) is 11.4 Å². The summed E-state index contributed by atoms with van der Waals surface area (Å²) in [6.07, 6.45) is 1.23. The standard InChI is InChI=1S/C12H13N3O4/c1-17-9-4-3-7(5-8(9)13)19-12-10(18-2)11(16)14-6-15-12/h3-6H,13H2,1-2H3,(H,14,15,16). The number of methoxy groups -OCH3 is 2. The van der Waals surface area contributed by atoms with Crippen LogP contribution >= 0.6 is 0 Å². The highest BCUT2D eigenvalue weighted by Crippen LogP contribution is 2.30. The van der Waals surface area contributed by atoms with Gasteiger partial charge in [-0.2, -0.15) is 0 Å². The predicted octanol–water partition coefficient (Wildman–Crippen LogP) is 1.16. The Labute approximate surface area is 108 Å². The second-order valence-corrected chi connectivity index (χ2v) is 3.58. The minimum absolute atomic E-state index is 0.00288. The van der Waals surface area contributed by atoms with E-state index in [1.54, 1.807) is 18.2 Å². The maximum Gasteiger partial charge on any atom is 0.297 e. The van der Waals surface area contributed by atoms with Crippen LogP contribution in [0.5, 0.6) is 23.1 Å². The largest absolute Gasteiger partial charge is 0.495 e.